The van der Waals surface area contributed by atoms with E-state index >= 15 is 0 Å². The Morgan fingerprint density at radius 1 is 1.14 bits per heavy atom. The van der Waals surface area contributed by atoms with Gasteiger partial charge in [-0.05, 0) is 32.3 Å². The molecule has 0 aromatic heterocycles. The topological polar surface area (TPSA) is 20.2 Å². The lowest BCUT2D eigenvalue weighted by Crippen LogP contribution is -2.09. The summed E-state index contributed by atoms with van der Waals surface area (Å²) in [6.07, 6.45) is 2.55. The van der Waals surface area contributed by atoms with Gasteiger partial charge >= 0.3 is 0 Å². The van der Waals surface area contributed by atoms with Gasteiger partial charge in [0.25, 0.3) is 0 Å². The Labute approximate surface area is 86.8 Å². The molecule has 78 valence electrons. The van der Waals surface area contributed by atoms with Crippen LogP contribution in [0.5, 0.6) is 0 Å². The van der Waals surface area contributed by atoms with E-state index in [0.717, 1.165) is 19.3 Å². The normalized spacial score (nSPS) is 12.9. The van der Waals surface area contributed by atoms with E-state index in [1.807, 2.05) is 0 Å². The van der Waals surface area contributed by atoms with Gasteiger partial charge in [-0.15, -0.1) is 0 Å². The molecule has 0 aliphatic carbocycles. The molecule has 1 unspecified atom stereocenters. The summed E-state index contributed by atoms with van der Waals surface area (Å²) >= 11 is 0. The fourth-order valence-corrected chi connectivity index (χ4v) is 1.89. The van der Waals surface area contributed by atoms with Gasteiger partial charge in [-0.3, -0.25) is 0 Å². The van der Waals surface area contributed by atoms with Gasteiger partial charge < -0.3 is 5.11 Å². The van der Waals surface area contributed by atoms with Gasteiger partial charge in [0, 0.05) is 0 Å². The minimum Gasteiger partial charge on any atom is -0.393 e. The Kier molecular flexibility index (Phi) is 4.15. The molecule has 0 aliphatic rings. The molecule has 0 aliphatic heterocycles. The van der Waals surface area contributed by atoms with Crippen molar-refractivity contribution in [3.63, 3.8) is 0 Å². The van der Waals surface area contributed by atoms with Gasteiger partial charge in [-0.2, -0.15) is 0 Å². The van der Waals surface area contributed by atoms with Crippen molar-refractivity contribution in [3.8, 4) is 0 Å². The highest BCUT2D eigenvalue weighted by Gasteiger charge is 2.04. The fourth-order valence-electron chi connectivity index (χ4n) is 1.89. The number of aliphatic hydroxyl groups is 1. The van der Waals surface area contributed by atoms with Gasteiger partial charge in [-0.1, -0.05) is 42.7 Å². The first-order valence-corrected chi connectivity index (χ1v) is 5.37. The van der Waals surface area contributed by atoms with Gasteiger partial charge in [0.15, 0.2) is 0 Å². The Balaban J connectivity index is 2.66. The minimum absolute atomic E-state index is 0.179. The molecular weight excluding hydrogens is 172 g/mol. The first-order valence-electron chi connectivity index (χ1n) is 5.37. The van der Waals surface area contributed by atoms with Gasteiger partial charge in [0.05, 0.1) is 6.10 Å². The molecule has 0 saturated heterocycles. The monoisotopic (exact) mass is 192 g/mol. The van der Waals surface area contributed by atoms with Crippen molar-refractivity contribution in [2.75, 3.05) is 0 Å². The smallest absolute Gasteiger partial charge is 0.0580 e. The third-order valence-corrected chi connectivity index (χ3v) is 2.37. The molecule has 1 heteroatoms. The zero-order chi connectivity index (χ0) is 10.6. The Morgan fingerprint density at radius 3 is 2.21 bits per heavy atom. The lowest BCUT2D eigenvalue weighted by Gasteiger charge is -2.10. The molecule has 1 N–H and O–H groups in total. The summed E-state index contributed by atoms with van der Waals surface area (Å²) in [6.45, 7) is 6.30. The van der Waals surface area contributed by atoms with E-state index in [9.17, 15) is 5.11 Å². The van der Waals surface area contributed by atoms with Gasteiger partial charge in [0.2, 0.25) is 0 Å². The van der Waals surface area contributed by atoms with Crippen molar-refractivity contribution < 1.29 is 5.11 Å². The van der Waals surface area contributed by atoms with Gasteiger partial charge in [-0.25, -0.2) is 0 Å². The second-order valence-corrected chi connectivity index (χ2v) is 4.14. The van der Waals surface area contributed by atoms with Crippen LogP contribution in [0.25, 0.3) is 0 Å². The van der Waals surface area contributed by atoms with Crippen molar-refractivity contribution in [1.29, 1.82) is 0 Å². The summed E-state index contributed by atoms with van der Waals surface area (Å²) in [5, 5.41) is 9.68. The summed E-state index contributed by atoms with van der Waals surface area (Å²) in [5.41, 5.74) is 3.82. The first-order chi connectivity index (χ1) is 6.61. The van der Waals surface area contributed by atoms with Crippen LogP contribution in [0.15, 0.2) is 18.2 Å². The maximum Gasteiger partial charge on any atom is 0.0580 e. The summed E-state index contributed by atoms with van der Waals surface area (Å²) in [4.78, 5) is 0. The molecule has 0 amide bonds. The summed E-state index contributed by atoms with van der Waals surface area (Å²) in [5.74, 6) is 0. The van der Waals surface area contributed by atoms with Crippen molar-refractivity contribution >= 4 is 0 Å². The molecule has 14 heavy (non-hydrogen) atoms. The van der Waals surface area contributed by atoms with Crippen molar-refractivity contribution in [3.05, 3.63) is 34.9 Å². The number of hydrogen-bond donors (Lipinski definition) is 1. The first kappa shape index (κ1) is 11.3. The molecule has 1 atom stereocenters. The summed E-state index contributed by atoms with van der Waals surface area (Å²) < 4.78 is 0. The molecular formula is C13H20O. The number of rotatable bonds is 4. The maximum atomic E-state index is 9.68. The van der Waals surface area contributed by atoms with Crippen LogP contribution in [0, 0.1) is 13.8 Å². The average molecular weight is 192 g/mol. The van der Waals surface area contributed by atoms with E-state index in [1.165, 1.54) is 16.7 Å². The lowest BCUT2D eigenvalue weighted by molar-refractivity contribution is 0.164. The van der Waals surface area contributed by atoms with Crippen LogP contribution < -0.4 is 0 Å². The molecule has 0 heterocycles. The molecule has 1 rings (SSSR count). The highest BCUT2D eigenvalue weighted by Crippen LogP contribution is 2.12. The molecule has 1 aromatic carbocycles. The Hall–Kier alpha value is -0.820. The van der Waals surface area contributed by atoms with Crippen molar-refractivity contribution in [1.82, 2.24) is 0 Å². The molecule has 1 aromatic rings. The van der Waals surface area contributed by atoms with E-state index in [0.29, 0.717) is 0 Å². The Morgan fingerprint density at radius 2 is 1.71 bits per heavy atom. The number of hydrogen-bond acceptors (Lipinski definition) is 1. The van der Waals surface area contributed by atoms with Crippen LogP contribution in [0.3, 0.4) is 0 Å². The highest BCUT2D eigenvalue weighted by atomic mass is 16.3. The minimum atomic E-state index is -0.179. The quantitative estimate of drug-likeness (QED) is 0.777. The number of aliphatic hydroxyl groups excluding tert-OH is 1. The van der Waals surface area contributed by atoms with E-state index in [4.69, 9.17) is 0 Å². The Bertz CT molecular complexity index is 271. The zero-order valence-electron chi connectivity index (χ0n) is 9.38. The third kappa shape index (κ3) is 3.51. The highest BCUT2D eigenvalue weighted by molar-refractivity contribution is 5.28. The molecule has 1 nitrogen and oxygen atoms in total. The molecule has 0 bridgehead atoms. The predicted octanol–water partition coefficient (Wildman–Crippen LogP) is 3.01. The summed E-state index contributed by atoms with van der Waals surface area (Å²) in [6, 6.07) is 6.48. The van der Waals surface area contributed by atoms with E-state index in [1.54, 1.807) is 0 Å². The third-order valence-electron chi connectivity index (χ3n) is 2.37. The van der Waals surface area contributed by atoms with Crippen LogP contribution in [0.2, 0.25) is 0 Å². The predicted molar refractivity (Wildman–Crippen MR) is 60.5 cm³/mol. The zero-order valence-corrected chi connectivity index (χ0v) is 9.38. The van der Waals surface area contributed by atoms with E-state index in [-0.39, 0.29) is 6.10 Å². The van der Waals surface area contributed by atoms with Crippen LogP contribution in [-0.4, -0.2) is 11.2 Å². The van der Waals surface area contributed by atoms with E-state index < -0.39 is 0 Å². The van der Waals surface area contributed by atoms with Crippen LogP contribution >= 0.6 is 0 Å². The second kappa shape index (κ2) is 5.16. The van der Waals surface area contributed by atoms with Crippen LogP contribution in [0.1, 0.15) is 36.5 Å². The molecule has 0 radical (unpaired) electrons. The van der Waals surface area contributed by atoms with Crippen molar-refractivity contribution in [2.45, 2.75) is 46.1 Å². The number of aryl methyl sites for hydroxylation is 2. The largest absolute Gasteiger partial charge is 0.393 e. The van der Waals surface area contributed by atoms with E-state index in [2.05, 4.69) is 39.0 Å². The maximum absolute atomic E-state index is 9.68. The lowest BCUT2D eigenvalue weighted by atomic mass is 10.0. The SMILES string of the molecule is CCCC(O)Cc1cc(C)cc(C)c1. The van der Waals surface area contributed by atoms with Crippen molar-refractivity contribution in [2.24, 2.45) is 0 Å². The van der Waals surface area contributed by atoms with Crippen LogP contribution in [0.4, 0.5) is 0 Å². The molecule has 0 saturated carbocycles. The van der Waals surface area contributed by atoms with Gasteiger partial charge in [0.1, 0.15) is 0 Å². The number of benzene rings is 1. The fraction of sp³-hybridized carbons (Fsp3) is 0.538. The van der Waals surface area contributed by atoms with Crippen LogP contribution in [-0.2, 0) is 6.42 Å². The second-order valence-electron chi connectivity index (χ2n) is 4.14. The average Bonchev–Trinajstić information content (AvgIpc) is 2.01. The molecule has 0 fully saturated rings. The summed E-state index contributed by atoms with van der Waals surface area (Å²) in [7, 11) is 0. The standard InChI is InChI=1S/C13H20O/c1-4-5-13(14)9-12-7-10(2)6-11(3)8-12/h6-8,13-14H,4-5,9H2,1-3H3. The molecule has 0 spiro atoms.